The average molecular weight is 624 g/mol. The van der Waals surface area contributed by atoms with Crippen LogP contribution in [0.3, 0.4) is 0 Å². The average Bonchev–Trinajstić information content (AvgIpc) is 3.02. The molecule has 11 heteroatoms. The molecular weight excluding hydrogens is 604 g/mol. The molecule has 1 spiro atoms. The highest BCUT2D eigenvalue weighted by Gasteiger charge is 2.63. The van der Waals surface area contributed by atoms with E-state index in [-0.39, 0.29) is 22.6 Å². The first-order valence-corrected chi connectivity index (χ1v) is 12.7. The van der Waals surface area contributed by atoms with Crippen LogP contribution >= 0.6 is 34.8 Å². The number of halogens is 4. The van der Waals surface area contributed by atoms with Gasteiger partial charge >= 0.3 is 6.18 Å². The molecule has 2 aromatic carbocycles. The molecule has 1 unspecified atom stereocenters. The Morgan fingerprint density at radius 2 is 1.97 bits per heavy atom. The monoisotopic (exact) mass is 624 g/mol. The fourth-order valence-electron chi connectivity index (χ4n) is 5.97. The summed E-state index contributed by atoms with van der Waals surface area (Å²) in [5, 5.41) is 11.9. The number of nitrogens with zero attached hydrogens (tertiary/aromatic N) is 3. The number of nitriles is 1. The lowest BCUT2D eigenvalue weighted by Crippen LogP contribution is -2.59. The van der Waals surface area contributed by atoms with Gasteiger partial charge in [-0.25, -0.2) is 0 Å². The molecule has 1 saturated heterocycles. The van der Waals surface area contributed by atoms with Crippen LogP contribution in [-0.4, -0.2) is 29.5 Å². The number of hydrogen-bond donors (Lipinski definition) is 1. The summed E-state index contributed by atoms with van der Waals surface area (Å²) in [5.41, 5.74) is -0.986. The minimum atomic E-state index is -4.76. The first-order valence-electron chi connectivity index (χ1n) is 11.2. The van der Waals surface area contributed by atoms with Crippen LogP contribution in [0.5, 0.6) is 0 Å². The van der Waals surface area contributed by atoms with Gasteiger partial charge in [-0.15, -0.1) is 0 Å². The Morgan fingerprint density at radius 1 is 1.25 bits per heavy atom. The second kappa shape index (κ2) is 8.14. The topological polar surface area (TPSA) is 76.4 Å². The van der Waals surface area contributed by atoms with Gasteiger partial charge in [0.1, 0.15) is 5.54 Å². The predicted molar refractivity (Wildman–Crippen MR) is 140 cm³/mol. The summed E-state index contributed by atoms with van der Waals surface area (Å²) in [4.78, 5) is 29.5. The standard InChI is InChI=1S/C25H20F3IN4O2S/c1-23-6-3-7-24(12-23)21(35)32(14-5-4-13(11-30)16(8-14)25(26,27)28)22(36)33(24)19-10-18(29)15(9-17(19)23)20(34)31-2/h4-5,8-10H,3,6-7,12H2,1-2H3,(H,31,34)/t23?,24-/m1/s1. The number of thiocarbonyl (C=S) groups is 1. The molecule has 186 valence electrons. The zero-order valence-electron chi connectivity index (χ0n) is 19.3. The predicted octanol–water partition coefficient (Wildman–Crippen LogP) is 5.26. The highest BCUT2D eigenvalue weighted by atomic mass is 127. The van der Waals surface area contributed by atoms with Crippen LogP contribution in [0.1, 0.15) is 59.7 Å². The molecule has 1 N–H and O–H groups in total. The molecule has 2 bridgehead atoms. The van der Waals surface area contributed by atoms with Crippen LogP contribution in [0.15, 0.2) is 30.3 Å². The number of benzene rings is 2. The van der Waals surface area contributed by atoms with E-state index in [9.17, 15) is 28.0 Å². The summed E-state index contributed by atoms with van der Waals surface area (Å²) in [6.07, 6.45) is -2.30. The van der Waals surface area contributed by atoms with Crippen LogP contribution < -0.4 is 15.1 Å². The van der Waals surface area contributed by atoms with E-state index < -0.39 is 28.3 Å². The van der Waals surface area contributed by atoms with E-state index in [2.05, 4.69) is 34.8 Å². The maximum atomic E-state index is 14.0. The second-order valence-corrected chi connectivity index (χ2v) is 11.2. The van der Waals surface area contributed by atoms with Crippen molar-refractivity contribution in [3.63, 3.8) is 0 Å². The zero-order chi connectivity index (χ0) is 26.2. The third-order valence-electron chi connectivity index (χ3n) is 7.55. The van der Waals surface area contributed by atoms with Crippen molar-refractivity contribution in [1.82, 2.24) is 5.32 Å². The van der Waals surface area contributed by atoms with Gasteiger partial charge in [0.05, 0.1) is 28.4 Å². The second-order valence-electron chi connectivity index (χ2n) is 9.65. The van der Waals surface area contributed by atoms with E-state index >= 15 is 0 Å². The number of nitrogens with one attached hydrogen (secondary N) is 1. The van der Waals surface area contributed by atoms with E-state index in [0.29, 0.717) is 27.7 Å². The number of hydrogen-bond acceptors (Lipinski definition) is 4. The molecule has 3 aliphatic rings. The molecule has 6 nitrogen and oxygen atoms in total. The lowest BCUT2D eigenvalue weighted by Gasteiger charge is -2.53. The SMILES string of the molecule is CNC(=O)c1cc2c(cc1I)N1C(=S)N(c3ccc(C#N)c(C(F)(F)F)c3)C(=O)[C@]13CCCC2(C)C3. The summed E-state index contributed by atoms with van der Waals surface area (Å²) in [7, 11) is 1.56. The minimum absolute atomic E-state index is 0.0226. The van der Waals surface area contributed by atoms with Gasteiger partial charge in [-0.05, 0) is 102 Å². The van der Waals surface area contributed by atoms with Crippen LogP contribution in [0.25, 0.3) is 0 Å². The Kier molecular flexibility index (Phi) is 5.64. The smallest absolute Gasteiger partial charge is 0.355 e. The summed E-state index contributed by atoms with van der Waals surface area (Å²) in [6, 6.07) is 8.47. The highest BCUT2D eigenvalue weighted by Crippen LogP contribution is 2.58. The van der Waals surface area contributed by atoms with Crippen molar-refractivity contribution in [3.8, 4) is 6.07 Å². The molecular formula is C25H20F3IN4O2S. The Hall–Kier alpha value is -2.72. The zero-order valence-corrected chi connectivity index (χ0v) is 22.3. The number of rotatable bonds is 2. The third kappa shape index (κ3) is 3.37. The molecule has 0 aromatic heterocycles. The van der Waals surface area contributed by atoms with E-state index in [1.54, 1.807) is 18.0 Å². The lowest BCUT2D eigenvalue weighted by molar-refractivity contribution is -0.137. The van der Waals surface area contributed by atoms with Gasteiger partial charge in [-0.3, -0.25) is 14.5 Å². The summed E-state index contributed by atoms with van der Waals surface area (Å²) < 4.78 is 41.7. The van der Waals surface area contributed by atoms with Gasteiger partial charge in [0.25, 0.3) is 11.8 Å². The van der Waals surface area contributed by atoms with Gasteiger partial charge < -0.3 is 10.2 Å². The molecule has 0 radical (unpaired) electrons. The van der Waals surface area contributed by atoms with Crippen molar-refractivity contribution in [1.29, 1.82) is 5.26 Å². The maximum Gasteiger partial charge on any atom is 0.417 e. The van der Waals surface area contributed by atoms with Crippen molar-refractivity contribution in [2.24, 2.45) is 0 Å². The lowest BCUT2D eigenvalue weighted by atomic mass is 9.60. The summed E-state index contributed by atoms with van der Waals surface area (Å²) in [6.45, 7) is 2.06. The molecule has 1 saturated carbocycles. The van der Waals surface area contributed by atoms with Crippen molar-refractivity contribution in [2.45, 2.75) is 49.7 Å². The number of anilines is 2. The summed E-state index contributed by atoms with van der Waals surface area (Å²) >= 11 is 7.83. The third-order valence-corrected chi connectivity index (χ3v) is 8.81. The van der Waals surface area contributed by atoms with Crippen LogP contribution in [-0.2, 0) is 16.4 Å². The Labute approximate surface area is 224 Å². The van der Waals surface area contributed by atoms with Gasteiger partial charge in [0.2, 0.25) is 0 Å². The van der Waals surface area contributed by atoms with Crippen molar-refractivity contribution in [3.05, 3.63) is 56.2 Å². The first-order chi connectivity index (χ1) is 16.9. The molecule has 2 aromatic rings. The normalized spacial score (nSPS) is 24.8. The largest absolute Gasteiger partial charge is 0.417 e. The molecule has 2 atom stereocenters. The van der Waals surface area contributed by atoms with Gasteiger partial charge in [0, 0.05) is 16.3 Å². The number of fused-ring (bicyclic) bond motifs is 4. The molecule has 36 heavy (non-hydrogen) atoms. The molecule has 2 aliphatic heterocycles. The quantitative estimate of drug-likeness (QED) is 0.365. The Morgan fingerprint density at radius 3 is 2.61 bits per heavy atom. The van der Waals surface area contributed by atoms with Crippen molar-refractivity contribution >= 4 is 63.1 Å². The Balaban J connectivity index is 1.70. The van der Waals surface area contributed by atoms with Crippen LogP contribution in [0.4, 0.5) is 24.5 Å². The number of carbonyl (C=O) groups is 2. The van der Waals surface area contributed by atoms with Gasteiger partial charge in [-0.1, -0.05) is 6.92 Å². The van der Waals surface area contributed by atoms with Gasteiger partial charge in [0.15, 0.2) is 5.11 Å². The number of amides is 2. The molecule has 2 amide bonds. The molecule has 1 aliphatic carbocycles. The van der Waals surface area contributed by atoms with E-state index in [0.717, 1.165) is 30.5 Å². The van der Waals surface area contributed by atoms with Crippen LogP contribution in [0.2, 0.25) is 0 Å². The highest BCUT2D eigenvalue weighted by molar-refractivity contribution is 14.1. The van der Waals surface area contributed by atoms with E-state index in [1.165, 1.54) is 11.0 Å². The fourth-order valence-corrected chi connectivity index (χ4v) is 7.13. The van der Waals surface area contributed by atoms with E-state index in [1.807, 2.05) is 12.1 Å². The maximum absolute atomic E-state index is 14.0. The van der Waals surface area contributed by atoms with Gasteiger partial charge in [-0.2, -0.15) is 18.4 Å². The van der Waals surface area contributed by atoms with Crippen LogP contribution in [0, 0.1) is 14.9 Å². The Bertz CT molecular complexity index is 1400. The summed E-state index contributed by atoms with van der Waals surface area (Å²) in [5.74, 6) is -0.593. The molecule has 2 heterocycles. The van der Waals surface area contributed by atoms with E-state index in [4.69, 9.17) is 12.2 Å². The fraction of sp³-hybridized carbons (Fsp3) is 0.360. The minimum Gasteiger partial charge on any atom is -0.355 e. The number of carbonyl (C=O) groups excluding carboxylic acids is 2. The molecule has 5 rings (SSSR count). The number of alkyl halides is 3. The molecule has 2 fully saturated rings. The van der Waals surface area contributed by atoms with Crippen molar-refractivity contribution in [2.75, 3.05) is 16.8 Å². The van der Waals surface area contributed by atoms with Crippen molar-refractivity contribution < 1.29 is 22.8 Å². The first kappa shape index (κ1) is 25.0.